The van der Waals surface area contributed by atoms with Gasteiger partial charge in [0.05, 0.1) is 0 Å². The van der Waals surface area contributed by atoms with E-state index < -0.39 is 6.10 Å². The van der Waals surface area contributed by atoms with Gasteiger partial charge >= 0.3 is 0 Å². The summed E-state index contributed by atoms with van der Waals surface area (Å²) in [4.78, 5) is 12.5. The molecule has 2 aromatic carbocycles. The molecule has 0 heterocycles. The van der Waals surface area contributed by atoms with E-state index in [1.54, 1.807) is 0 Å². The molecule has 2 aromatic rings. The summed E-state index contributed by atoms with van der Waals surface area (Å²) in [5, 5.41) is 2.98. The van der Waals surface area contributed by atoms with Gasteiger partial charge in [0.15, 0.2) is 6.10 Å². The third-order valence-electron chi connectivity index (χ3n) is 4.38. The number of nitrogens with one attached hydrogen (secondary N) is 1. The minimum atomic E-state index is -0.482. The molecule has 1 N–H and O–H groups in total. The van der Waals surface area contributed by atoms with Crippen LogP contribution in [0.5, 0.6) is 5.75 Å². The third-order valence-corrected chi connectivity index (χ3v) is 4.38. The number of hydrogen-bond acceptors (Lipinski definition) is 2. The van der Waals surface area contributed by atoms with Crippen LogP contribution in [0.1, 0.15) is 50.8 Å². The molecular formula is C22H29NO2. The first-order valence-corrected chi connectivity index (χ1v) is 8.90. The Morgan fingerprint density at radius 1 is 1.08 bits per heavy atom. The Morgan fingerprint density at radius 3 is 2.28 bits per heavy atom. The van der Waals surface area contributed by atoms with Gasteiger partial charge in [0.1, 0.15) is 5.75 Å². The lowest BCUT2D eigenvalue weighted by Gasteiger charge is -2.21. The molecule has 0 aliphatic carbocycles. The molecule has 3 heteroatoms. The highest BCUT2D eigenvalue weighted by atomic mass is 16.5. The number of carbonyl (C=O) groups excluding carboxylic acids is 1. The van der Waals surface area contributed by atoms with Gasteiger partial charge in [-0.25, -0.2) is 0 Å². The Kier molecular flexibility index (Phi) is 6.24. The number of amides is 1. The lowest BCUT2D eigenvalue weighted by atomic mass is 9.87. The maximum absolute atomic E-state index is 12.5. The fourth-order valence-electron chi connectivity index (χ4n) is 2.62. The first-order chi connectivity index (χ1) is 11.8. The molecule has 134 valence electrons. The minimum Gasteiger partial charge on any atom is -0.481 e. The highest BCUT2D eigenvalue weighted by molar-refractivity contribution is 5.81. The van der Waals surface area contributed by atoms with E-state index in [1.807, 2.05) is 50.2 Å². The van der Waals surface area contributed by atoms with Crippen LogP contribution >= 0.6 is 0 Å². The summed E-state index contributed by atoms with van der Waals surface area (Å²) < 4.78 is 5.90. The highest BCUT2D eigenvalue weighted by Gasteiger charge is 2.19. The molecule has 1 atom stereocenters. The predicted octanol–water partition coefficient (Wildman–Crippen LogP) is 4.77. The van der Waals surface area contributed by atoms with Crippen molar-refractivity contribution in [3.05, 3.63) is 65.2 Å². The van der Waals surface area contributed by atoms with Crippen LogP contribution in [0.4, 0.5) is 0 Å². The number of carbonyl (C=O) groups is 1. The molecule has 0 saturated heterocycles. The zero-order valence-electron chi connectivity index (χ0n) is 15.9. The Balaban J connectivity index is 1.97. The van der Waals surface area contributed by atoms with Crippen LogP contribution in [0.25, 0.3) is 0 Å². The number of aryl methyl sites for hydroxylation is 1. The average molecular weight is 339 g/mol. The molecule has 0 bridgehead atoms. The number of rotatable bonds is 6. The van der Waals surface area contributed by atoms with Gasteiger partial charge < -0.3 is 10.1 Å². The lowest BCUT2D eigenvalue weighted by Crippen LogP contribution is -2.37. The van der Waals surface area contributed by atoms with E-state index in [-0.39, 0.29) is 11.3 Å². The van der Waals surface area contributed by atoms with Crippen molar-refractivity contribution >= 4 is 5.91 Å². The maximum Gasteiger partial charge on any atom is 0.261 e. The van der Waals surface area contributed by atoms with Gasteiger partial charge in [0.25, 0.3) is 5.91 Å². The zero-order chi connectivity index (χ0) is 18.4. The fourth-order valence-corrected chi connectivity index (χ4v) is 2.62. The molecule has 0 saturated carbocycles. The van der Waals surface area contributed by atoms with Crippen molar-refractivity contribution in [2.45, 2.75) is 59.1 Å². The van der Waals surface area contributed by atoms with Crippen molar-refractivity contribution in [3.8, 4) is 5.75 Å². The standard InChI is InChI=1S/C22H29NO2/c1-6-20(21(24)23-15-17-10-8-7-9-16(17)2)25-19-13-11-18(12-14-19)22(3,4)5/h7-14,20H,6,15H2,1-5H3,(H,23,24)/t20-/m0/s1. The largest absolute Gasteiger partial charge is 0.481 e. The summed E-state index contributed by atoms with van der Waals surface area (Å²) in [6.07, 6.45) is 0.144. The zero-order valence-corrected chi connectivity index (χ0v) is 15.9. The SMILES string of the molecule is CC[C@H](Oc1ccc(C(C)(C)C)cc1)C(=O)NCc1ccccc1C. The Hall–Kier alpha value is -2.29. The van der Waals surface area contributed by atoms with Gasteiger partial charge in [-0.05, 0) is 47.6 Å². The van der Waals surface area contributed by atoms with Crippen molar-refractivity contribution in [3.63, 3.8) is 0 Å². The molecule has 0 unspecified atom stereocenters. The Morgan fingerprint density at radius 2 is 1.72 bits per heavy atom. The number of benzene rings is 2. The smallest absolute Gasteiger partial charge is 0.261 e. The van der Waals surface area contributed by atoms with Gasteiger partial charge in [-0.2, -0.15) is 0 Å². The van der Waals surface area contributed by atoms with Crippen molar-refractivity contribution < 1.29 is 9.53 Å². The van der Waals surface area contributed by atoms with E-state index in [2.05, 4.69) is 38.2 Å². The second-order valence-corrected chi connectivity index (χ2v) is 7.43. The summed E-state index contributed by atoms with van der Waals surface area (Å²) >= 11 is 0. The van der Waals surface area contributed by atoms with E-state index >= 15 is 0 Å². The first kappa shape index (κ1) is 19.0. The molecular weight excluding hydrogens is 310 g/mol. The van der Waals surface area contributed by atoms with Crippen LogP contribution in [0.15, 0.2) is 48.5 Å². The van der Waals surface area contributed by atoms with Crippen LogP contribution in [-0.4, -0.2) is 12.0 Å². The van der Waals surface area contributed by atoms with Crippen LogP contribution in [0, 0.1) is 6.92 Å². The topological polar surface area (TPSA) is 38.3 Å². The maximum atomic E-state index is 12.5. The summed E-state index contributed by atoms with van der Waals surface area (Å²) in [6, 6.07) is 16.1. The van der Waals surface area contributed by atoms with Gasteiger partial charge in [0.2, 0.25) is 0 Å². The van der Waals surface area contributed by atoms with Crippen LogP contribution < -0.4 is 10.1 Å². The third kappa shape index (κ3) is 5.35. The summed E-state index contributed by atoms with van der Waals surface area (Å²) in [5.41, 5.74) is 3.65. The number of hydrogen-bond donors (Lipinski definition) is 1. The number of ether oxygens (including phenoxy) is 1. The molecule has 1 amide bonds. The summed E-state index contributed by atoms with van der Waals surface area (Å²) in [5.74, 6) is 0.650. The average Bonchev–Trinajstić information content (AvgIpc) is 2.58. The van der Waals surface area contributed by atoms with Gasteiger partial charge in [0, 0.05) is 6.54 Å². The van der Waals surface area contributed by atoms with E-state index in [0.717, 1.165) is 11.3 Å². The molecule has 25 heavy (non-hydrogen) atoms. The highest BCUT2D eigenvalue weighted by Crippen LogP contribution is 2.25. The minimum absolute atomic E-state index is 0.0781. The molecule has 0 fully saturated rings. The monoisotopic (exact) mass is 339 g/mol. The summed E-state index contributed by atoms with van der Waals surface area (Å²) in [7, 11) is 0. The predicted molar refractivity (Wildman–Crippen MR) is 103 cm³/mol. The molecule has 0 aliphatic rings. The molecule has 0 spiro atoms. The lowest BCUT2D eigenvalue weighted by molar-refractivity contribution is -0.128. The molecule has 0 radical (unpaired) electrons. The van der Waals surface area contributed by atoms with Crippen molar-refractivity contribution in [1.29, 1.82) is 0 Å². The Labute approximate surface area is 151 Å². The Bertz CT molecular complexity index is 699. The van der Waals surface area contributed by atoms with E-state index in [0.29, 0.717) is 13.0 Å². The van der Waals surface area contributed by atoms with Crippen LogP contribution in [-0.2, 0) is 16.8 Å². The second kappa shape index (κ2) is 8.19. The summed E-state index contributed by atoms with van der Waals surface area (Å²) in [6.45, 7) is 11.1. The van der Waals surface area contributed by atoms with E-state index in [4.69, 9.17) is 4.74 Å². The quantitative estimate of drug-likeness (QED) is 0.823. The molecule has 2 rings (SSSR count). The van der Waals surface area contributed by atoms with Crippen molar-refractivity contribution in [1.82, 2.24) is 5.32 Å². The van der Waals surface area contributed by atoms with E-state index in [9.17, 15) is 4.79 Å². The first-order valence-electron chi connectivity index (χ1n) is 8.90. The molecule has 0 aliphatic heterocycles. The fraction of sp³-hybridized carbons (Fsp3) is 0.409. The van der Waals surface area contributed by atoms with E-state index in [1.165, 1.54) is 11.1 Å². The van der Waals surface area contributed by atoms with Gasteiger partial charge in [-0.3, -0.25) is 4.79 Å². The normalized spacial score (nSPS) is 12.5. The van der Waals surface area contributed by atoms with Crippen LogP contribution in [0.2, 0.25) is 0 Å². The van der Waals surface area contributed by atoms with Crippen molar-refractivity contribution in [2.24, 2.45) is 0 Å². The van der Waals surface area contributed by atoms with Crippen molar-refractivity contribution in [2.75, 3.05) is 0 Å². The van der Waals surface area contributed by atoms with Gasteiger partial charge in [-0.15, -0.1) is 0 Å². The molecule has 3 nitrogen and oxygen atoms in total. The molecule has 0 aromatic heterocycles. The second-order valence-electron chi connectivity index (χ2n) is 7.43. The van der Waals surface area contributed by atoms with Gasteiger partial charge in [-0.1, -0.05) is 64.1 Å². The van der Waals surface area contributed by atoms with Crippen LogP contribution in [0.3, 0.4) is 0 Å².